The molecule has 2 rings (SSSR count). The Bertz CT molecular complexity index is 650. The van der Waals surface area contributed by atoms with Gasteiger partial charge in [0.2, 0.25) is 0 Å². The number of carbonyl (C=O) groups excluding carboxylic acids is 1. The summed E-state index contributed by atoms with van der Waals surface area (Å²) in [5, 5.41) is 14.2. The molecule has 0 saturated heterocycles. The van der Waals surface area contributed by atoms with E-state index in [9.17, 15) is 9.90 Å². The van der Waals surface area contributed by atoms with Crippen LogP contribution in [-0.4, -0.2) is 22.2 Å². The minimum atomic E-state index is -0.993. The normalized spacial score (nSPS) is 12.7. The van der Waals surface area contributed by atoms with E-state index in [0.717, 1.165) is 15.6 Å². The van der Waals surface area contributed by atoms with Gasteiger partial charge in [-0.3, -0.25) is 4.79 Å². The Labute approximate surface area is 123 Å². The number of thiophene rings is 1. The number of aryl methyl sites for hydroxylation is 1. The molecule has 0 atom stereocenters. The highest BCUT2D eigenvalue weighted by atomic mass is 32.1. The molecule has 20 heavy (non-hydrogen) atoms. The molecular formula is C16H21NO2S. The molecule has 1 heterocycles. The van der Waals surface area contributed by atoms with E-state index in [1.807, 2.05) is 45.0 Å². The number of hydrogen-bond acceptors (Lipinski definition) is 3. The van der Waals surface area contributed by atoms with Gasteiger partial charge in [-0.05, 0) is 51.6 Å². The average molecular weight is 291 g/mol. The van der Waals surface area contributed by atoms with Crippen molar-refractivity contribution in [1.82, 2.24) is 5.32 Å². The maximum absolute atomic E-state index is 12.5. The van der Waals surface area contributed by atoms with Gasteiger partial charge in [0, 0.05) is 4.70 Å². The van der Waals surface area contributed by atoms with Crippen LogP contribution in [0.3, 0.4) is 0 Å². The summed E-state index contributed by atoms with van der Waals surface area (Å²) in [5.74, 6) is -0.129. The van der Waals surface area contributed by atoms with Crippen molar-refractivity contribution in [3.8, 4) is 0 Å². The number of nitrogens with one attached hydrogen (secondary N) is 1. The summed E-state index contributed by atoms with van der Waals surface area (Å²) < 4.78 is 1.11. The van der Waals surface area contributed by atoms with Crippen LogP contribution in [0.5, 0.6) is 0 Å². The third-order valence-electron chi connectivity index (χ3n) is 4.01. The first-order valence-electron chi connectivity index (χ1n) is 6.66. The summed E-state index contributed by atoms with van der Waals surface area (Å²) in [4.78, 5) is 13.2. The molecule has 0 unspecified atom stereocenters. The van der Waals surface area contributed by atoms with E-state index >= 15 is 0 Å². The second-order valence-electron chi connectivity index (χ2n) is 6.19. The monoisotopic (exact) mass is 291 g/mol. The van der Waals surface area contributed by atoms with Crippen LogP contribution in [0, 0.1) is 6.92 Å². The molecule has 2 aromatic rings. The van der Waals surface area contributed by atoms with Gasteiger partial charge in [-0.1, -0.05) is 18.2 Å². The summed E-state index contributed by atoms with van der Waals surface area (Å²) in [6.07, 6.45) is 0. The predicted octanol–water partition coefficient (Wildman–Crippen LogP) is 3.49. The molecule has 1 aromatic heterocycles. The molecule has 0 aliphatic rings. The minimum absolute atomic E-state index is 0.129. The smallest absolute Gasteiger partial charge is 0.262 e. The first-order chi connectivity index (χ1) is 9.13. The zero-order valence-corrected chi connectivity index (χ0v) is 13.4. The molecule has 0 radical (unpaired) electrons. The quantitative estimate of drug-likeness (QED) is 0.909. The fourth-order valence-electron chi connectivity index (χ4n) is 1.88. The molecule has 4 heteroatoms. The van der Waals surface area contributed by atoms with Crippen molar-refractivity contribution in [2.24, 2.45) is 0 Å². The molecule has 1 amide bonds. The number of aliphatic hydroxyl groups is 1. The molecule has 0 saturated carbocycles. The third-order valence-corrected chi connectivity index (χ3v) is 5.28. The van der Waals surface area contributed by atoms with Crippen LogP contribution in [0.25, 0.3) is 10.1 Å². The zero-order valence-electron chi connectivity index (χ0n) is 12.6. The number of amides is 1. The number of carbonyl (C=O) groups is 1. The SMILES string of the molecule is Cc1c(C(=O)NC(C)(C)C(C)(C)O)sc2ccccc12. The lowest BCUT2D eigenvalue weighted by Crippen LogP contribution is -2.57. The van der Waals surface area contributed by atoms with Crippen molar-refractivity contribution < 1.29 is 9.90 Å². The lowest BCUT2D eigenvalue weighted by molar-refractivity contribution is -0.00285. The molecule has 3 nitrogen and oxygen atoms in total. The minimum Gasteiger partial charge on any atom is -0.388 e. The second kappa shape index (κ2) is 4.86. The third kappa shape index (κ3) is 2.58. The van der Waals surface area contributed by atoms with Gasteiger partial charge in [-0.15, -0.1) is 11.3 Å². The zero-order chi connectivity index (χ0) is 15.1. The van der Waals surface area contributed by atoms with Crippen molar-refractivity contribution in [3.05, 3.63) is 34.7 Å². The largest absolute Gasteiger partial charge is 0.388 e. The van der Waals surface area contributed by atoms with Gasteiger partial charge in [-0.25, -0.2) is 0 Å². The summed E-state index contributed by atoms with van der Waals surface area (Å²) in [6, 6.07) is 8.00. The van der Waals surface area contributed by atoms with Gasteiger partial charge in [0.1, 0.15) is 0 Å². The number of rotatable bonds is 3. The molecule has 2 N–H and O–H groups in total. The van der Waals surface area contributed by atoms with Crippen LogP contribution in [-0.2, 0) is 0 Å². The van der Waals surface area contributed by atoms with Crippen LogP contribution in [0.4, 0.5) is 0 Å². The molecule has 0 fully saturated rings. The highest BCUT2D eigenvalue weighted by Crippen LogP contribution is 2.31. The van der Waals surface area contributed by atoms with Crippen LogP contribution in [0.15, 0.2) is 24.3 Å². The topological polar surface area (TPSA) is 49.3 Å². The van der Waals surface area contributed by atoms with Crippen molar-refractivity contribution in [2.45, 2.75) is 45.8 Å². The van der Waals surface area contributed by atoms with E-state index in [-0.39, 0.29) is 5.91 Å². The van der Waals surface area contributed by atoms with Crippen LogP contribution < -0.4 is 5.32 Å². The highest BCUT2D eigenvalue weighted by molar-refractivity contribution is 7.21. The van der Waals surface area contributed by atoms with Crippen LogP contribution in [0.1, 0.15) is 42.9 Å². The van der Waals surface area contributed by atoms with Crippen molar-refractivity contribution in [1.29, 1.82) is 0 Å². The average Bonchev–Trinajstić information content (AvgIpc) is 2.66. The maximum Gasteiger partial charge on any atom is 0.262 e. The predicted molar refractivity (Wildman–Crippen MR) is 84.4 cm³/mol. The summed E-state index contributed by atoms with van der Waals surface area (Å²) >= 11 is 1.49. The standard InChI is InChI=1S/C16H21NO2S/c1-10-11-8-6-7-9-12(11)20-13(10)14(18)17-15(2,3)16(4,5)19/h6-9,19H,1-5H3,(H,17,18). The summed E-state index contributed by atoms with van der Waals surface area (Å²) in [6.45, 7) is 9.02. The van der Waals surface area contributed by atoms with Crippen molar-refractivity contribution >= 4 is 27.3 Å². The molecule has 0 spiro atoms. The van der Waals surface area contributed by atoms with E-state index in [2.05, 4.69) is 5.32 Å². The fourth-order valence-corrected chi connectivity index (χ4v) is 2.99. The van der Waals surface area contributed by atoms with Crippen molar-refractivity contribution in [3.63, 3.8) is 0 Å². The molecule has 1 aromatic carbocycles. The Morgan fingerprint density at radius 2 is 1.80 bits per heavy atom. The molecule has 0 bridgehead atoms. The Morgan fingerprint density at radius 1 is 1.20 bits per heavy atom. The Hall–Kier alpha value is -1.39. The molecular weight excluding hydrogens is 270 g/mol. The van der Waals surface area contributed by atoms with Crippen LogP contribution in [0.2, 0.25) is 0 Å². The fraction of sp³-hybridized carbons (Fsp3) is 0.438. The summed E-state index contributed by atoms with van der Waals surface area (Å²) in [5.41, 5.74) is -0.699. The Morgan fingerprint density at radius 3 is 2.35 bits per heavy atom. The van der Waals surface area contributed by atoms with E-state index in [1.165, 1.54) is 11.3 Å². The van der Waals surface area contributed by atoms with Gasteiger partial charge < -0.3 is 10.4 Å². The first-order valence-corrected chi connectivity index (χ1v) is 7.48. The van der Waals surface area contributed by atoms with Crippen molar-refractivity contribution in [2.75, 3.05) is 0 Å². The first kappa shape index (κ1) is 15.0. The van der Waals surface area contributed by atoms with E-state index in [4.69, 9.17) is 0 Å². The molecule has 108 valence electrons. The van der Waals surface area contributed by atoms with E-state index in [0.29, 0.717) is 4.88 Å². The van der Waals surface area contributed by atoms with E-state index in [1.54, 1.807) is 13.8 Å². The van der Waals surface area contributed by atoms with Gasteiger partial charge in [0.15, 0.2) is 0 Å². The van der Waals surface area contributed by atoms with Crippen LogP contribution >= 0.6 is 11.3 Å². The van der Waals surface area contributed by atoms with Gasteiger partial charge in [-0.2, -0.15) is 0 Å². The summed E-state index contributed by atoms with van der Waals surface area (Å²) in [7, 11) is 0. The molecule has 0 aliphatic heterocycles. The van der Waals surface area contributed by atoms with Gasteiger partial charge >= 0.3 is 0 Å². The number of hydrogen-bond donors (Lipinski definition) is 2. The van der Waals surface area contributed by atoms with Gasteiger partial charge in [0.05, 0.1) is 16.0 Å². The lowest BCUT2D eigenvalue weighted by Gasteiger charge is -2.37. The molecule has 0 aliphatic carbocycles. The Balaban J connectivity index is 2.35. The van der Waals surface area contributed by atoms with E-state index < -0.39 is 11.1 Å². The number of benzene rings is 1. The Kier molecular flexibility index (Phi) is 3.65. The number of fused-ring (bicyclic) bond motifs is 1. The lowest BCUT2D eigenvalue weighted by atomic mass is 9.86. The maximum atomic E-state index is 12.5. The second-order valence-corrected chi connectivity index (χ2v) is 7.24. The highest BCUT2D eigenvalue weighted by Gasteiger charge is 2.37. The van der Waals surface area contributed by atoms with Gasteiger partial charge in [0.25, 0.3) is 5.91 Å².